The molecule has 0 N–H and O–H groups in total. The van der Waals surface area contributed by atoms with Crippen LogP contribution in [0.25, 0.3) is 5.69 Å². The number of nitrogens with zero attached hydrogens (tertiary/aromatic N) is 2. The molecule has 1 aromatic heterocycles. The number of hydrogen-bond acceptors (Lipinski definition) is 4. The number of aromatic nitrogens is 2. The Balaban J connectivity index is 1.79. The van der Waals surface area contributed by atoms with E-state index < -0.39 is 5.97 Å². The second kappa shape index (κ2) is 7.19. The van der Waals surface area contributed by atoms with E-state index in [9.17, 15) is 4.79 Å². The zero-order valence-corrected chi connectivity index (χ0v) is 13.7. The summed E-state index contributed by atoms with van der Waals surface area (Å²) in [5, 5.41) is 4.82. The summed E-state index contributed by atoms with van der Waals surface area (Å²) in [4.78, 5) is 12.3. The molecule has 0 spiro atoms. The lowest BCUT2D eigenvalue weighted by Crippen LogP contribution is -2.08. The van der Waals surface area contributed by atoms with Crippen molar-refractivity contribution in [2.45, 2.75) is 6.61 Å². The van der Waals surface area contributed by atoms with Gasteiger partial charge in [-0.3, -0.25) is 0 Å². The molecule has 0 radical (unpaired) electrons. The van der Waals surface area contributed by atoms with Crippen LogP contribution in [0.5, 0.6) is 5.75 Å². The summed E-state index contributed by atoms with van der Waals surface area (Å²) in [7, 11) is 1.48. The third kappa shape index (κ3) is 3.41. The van der Waals surface area contributed by atoms with Crippen LogP contribution >= 0.6 is 11.6 Å². The molecule has 0 saturated heterocycles. The monoisotopic (exact) mass is 342 g/mol. The highest BCUT2D eigenvalue weighted by molar-refractivity contribution is 6.31. The van der Waals surface area contributed by atoms with Crippen LogP contribution in [-0.2, 0) is 11.3 Å². The number of methoxy groups -OCH3 is 1. The summed E-state index contributed by atoms with van der Waals surface area (Å²) in [6.45, 7) is 0.0693. The van der Waals surface area contributed by atoms with E-state index >= 15 is 0 Å². The van der Waals surface area contributed by atoms with Crippen LogP contribution in [0.4, 0.5) is 0 Å². The standard InChI is InChI=1S/C18H15ClN2O3/c1-23-16-11-21(14-8-3-2-4-9-14)20-17(16)18(22)24-12-13-7-5-6-10-15(13)19/h2-11H,12H2,1H3. The molecule has 0 aliphatic heterocycles. The Morgan fingerprint density at radius 2 is 1.83 bits per heavy atom. The van der Waals surface area contributed by atoms with E-state index in [1.165, 1.54) is 7.11 Å². The lowest BCUT2D eigenvalue weighted by atomic mass is 10.2. The number of carbonyl (C=O) groups is 1. The first-order valence-electron chi connectivity index (χ1n) is 7.28. The minimum Gasteiger partial charge on any atom is -0.493 e. The van der Waals surface area contributed by atoms with Crippen molar-refractivity contribution >= 4 is 17.6 Å². The highest BCUT2D eigenvalue weighted by Gasteiger charge is 2.20. The highest BCUT2D eigenvalue weighted by atomic mass is 35.5. The van der Waals surface area contributed by atoms with E-state index in [-0.39, 0.29) is 12.3 Å². The Kier molecular flexibility index (Phi) is 4.82. The van der Waals surface area contributed by atoms with Gasteiger partial charge in [0, 0.05) is 10.6 Å². The molecular weight excluding hydrogens is 328 g/mol. The minimum atomic E-state index is -0.568. The third-order valence-electron chi connectivity index (χ3n) is 3.43. The largest absolute Gasteiger partial charge is 0.493 e. The third-order valence-corrected chi connectivity index (χ3v) is 3.80. The van der Waals surface area contributed by atoms with E-state index in [0.717, 1.165) is 11.3 Å². The van der Waals surface area contributed by atoms with E-state index in [4.69, 9.17) is 21.1 Å². The molecule has 0 aliphatic rings. The Labute approximate surface area is 144 Å². The molecule has 2 aromatic carbocycles. The molecule has 0 atom stereocenters. The number of halogens is 1. The van der Waals surface area contributed by atoms with Crippen molar-refractivity contribution in [3.63, 3.8) is 0 Å². The molecule has 0 fully saturated rings. The number of hydrogen-bond donors (Lipinski definition) is 0. The number of ether oxygens (including phenoxy) is 2. The number of benzene rings is 2. The second-order valence-electron chi connectivity index (χ2n) is 4.99. The Morgan fingerprint density at radius 3 is 2.54 bits per heavy atom. The van der Waals surface area contributed by atoms with Crippen LogP contribution in [-0.4, -0.2) is 22.9 Å². The maximum absolute atomic E-state index is 12.3. The fraction of sp³-hybridized carbons (Fsp3) is 0.111. The molecule has 1 heterocycles. The first-order chi connectivity index (χ1) is 11.7. The van der Waals surface area contributed by atoms with Crippen molar-refractivity contribution in [1.82, 2.24) is 9.78 Å². The molecule has 0 bridgehead atoms. The van der Waals surface area contributed by atoms with Crippen LogP contribution < -0.4 is 4.74 Å². The van der Waals surface area contributed by atoms with E-state index in [1.54, 1.807) is 23.0 Å². The maximum atomic E-state index is 12.3. The predicted octanol–water partition coefficient (Wildman–Crippen LogP) is 3.89. The number of para-hydroxylation sites is 1. The minimum absolute atomic E-state index is 0.0693. The second-order valence-corrected chi connectivity index (χ2v) is 5.40. The molecule has 5 nitrogen and oxygen atoms in total. The molecule has 0 saturated carbocycles. The van der Waals surface area contributed by atoms with Crippen LogP contribution in [0.2, 0.25) is 5.02 Å². The maximum Gasteiger partial charge on any atom is 0.363 e. The van der Waals surface area contributed by atoms with Crippen molar-refractivity contribution in [2.24, 2.45) is 0 Å². The van der Waals surface area contributed by atoms with Gasteiger partial charge in [-0.25, -0.2) is 9.48 Å². The van der Waals surface area contributed by atoms with Crippen molar-refractivity contribution in [3.05, 3.63) is 77.1 Å². The molecule has 0 unspecified atom stereocenters. The topological polar surface area (TPSA) is 53.4 Å². The molecule has 3 rings (SSSR count). The summed E-state index contributed by atoms with van der Waals surface area (Å²) < 4.78 is 12.1. The molecule has 0 amide bonds. The van der Waals surface area contributed by atoms with Crippen LogP contribution in [0.3, 0.4) is 0 Å². The van der Waals surface area contributed by atoms with Gasteiger partial charge in [-0.1, -0.05) is 48.0 Å². The van der Waals surface area contributed by atoms with E-state index in [0.29, 0.717) is 10.8 Å². The van der Waals surface area contributed by atoms with Crippen molar-refractivity contribution in [3.8, 4) is 11.4 Å². The normalized spacial score (nSPS) is 10.4. The Morgan fingerprint density at radius 1 is 1.12 bits per heavy atom. The van der Waals surface area contributed by atoms with Crippen LogP contribution in [0.15, 0.2) is 60.8 Å². The average Bonchev–Trinajstić information content (AvgIpc) is 3.06. The number of rotatable bonds is 5. The van der Waals surface area contributed by atoms with Gasteiger partial charge in [-0.15, -0.1) is 0 Å². The van der Waals surface area contributed by atoms with Gasteiger partial charge in [-0.05, 0) is 18.2 Å². The Hall–Kier alpha value is -2.79. The lowest BCUT2D eigenvalue weighted by Gasteiger charge is -2.05. The summed E-state index contributed by atoms with van der Waals surface area (Å²) in [5.74, 6) is -0.218. The highest BCUT2D eigenvalue weighted by Crippen LogP contribution is 2.22. The van der Waals surface area contributed by atoms with E-state index in [1.807, 2.05) is 42.5 Å². The molecular formula is C18H15ClN2O3. The lowest BCUT2D eigenvalue weighted by molar-refractivity contribution is 0.0462. The smallest absolute Gasteiger partial charge is 0.363 e. The molecule has 0 aliphatic carbocycles. The van der Waals surface area contributed by atoms with Gasteiger partial charge in [0.05, 0.1) is 19.0 Å². The summed E-state index contributed by atoms with van der Waals surface area (Å²) in [6.07, 6.45) is 1.64. The summed E-state index contributed by atoms with van der Waals surface area (Å²) in [5.41, 5.74) is 1.67. The van der Waals surface area contributed by atoms with Crippen molar-refractivity contribution in [2.75, 3.05) is 7.11 Å². The fourth-order valence-corrected chi connectivity index (χ4v) is 2.38. The first-order valence-corrected chi connectivity index (χ1v) is 7.66. The van der Waals surface area contributed by atoms with Gasteiger partial charge in [0.15, 0.2) is 5.75 Å². The van der Waals surface area contributed by atoms with Gasteiger partial charge < -0.3 is 9.47 Å². The molecule has 24 heavy (non-hydrogen) atoms. The predicted molar refractivity (Wildman–Crippen MR) is 90.7 cm³/mol. The van der Waals surface area contributed by atoms with Crippen LogP contribution in [0.1, 0.15) is 16.1 Å². The first kappa shape index (κ1) is 16.1. The van der Waals surface area contributed by atoms with Gasteiger partial charge in [-0.2, -0.15) is 5.10 Å². The zero-order chi connectivity index (χ0) is 16.9. The summed E-state index contributed by atoms with van der Waals surface area (Å²) >= 11 is 6.06. The number of carbonyl (C=O) groups excluding carboxylic acids is 1. The fourth-order valence-electron chi connectivity index (χ4n) is 2.19. The SMILES string of the molecule is COc1cn(-c2ccccc2)nc1C(=O)OCc1ccccc1Cl. The van der Waals surface area contributed by atoms with Gasteiger partial charge in [0.2, 0.25) is 5.69 Å². The summed E-state index contributed by atoms with van der Waals surface area (Å²) in [6, 6.07) is 16.6. The quantitative estimate of drug-likeness (QED) is 0.660. The average molecular weight is 343 g/mol. The molecule has 3 aromatic rings. The van der Waals surface area contributed by atoms with Gasteiger partial charge in [0.25, 0.3) is 0 Å². The Bertz CT molecular complexity index is 846. The van der Waals surface area contributed by atoms with Crippen molar-refractivity contribution in [1.29, 1.82) is 0 Å². The van der Waals surface area contributed by atoms with E-state index in [2.05, 4.69) is 5.10 Å². The molecule has 122 valence electrons. The van der Waals surface area contributed by atoms with Crippen molar-refractivity contribution < 1.29 is 14.3 Å². The zero-order valence-electron chi connectivity index (χ0n) is 13.0. The van der Waals surface area contributed by atoms with Gasteiger partial charge >= 0.3 is 5.97 Å². The molecule has 6 heteroatoms. The van der Waals surface area contributed by atoms with Gasteiger partial charge in [0.1, 0.15) is 6.61 Å². The van der Waals surface area contributed by atoms with Crippen LogP contribution in [0, 0.1) is 0 Å². The number of esters is 1.